The monoisotopic (exact) mass is 278 g/mol. The van der Waals surface area contributed by atoms with Gasteiger partial charge < -0.3 is 10.2 Å². The number of hydrogen-bond acceptors (Lipinski definition) is 3. The van der Waals surface area contributed by atoms with Gasteiger partial charge in [0.1, 0.15) is 0 Å². The first-order valence-electron chi connectivity index (χ1n) is 6.80. The van der Waals surface area contributed by atoms with Gasteiger partial charge in [-0.1, -0.05) is 6.92 Å². The van der Waals surface area contributed by atoms with Crippen LogP contribution in [0, 0.1) is 0 Å². The largest absolute Gasteiger partial charge is 0.384 e. The summed E-state index contributed by atoms with van der Waals surface area (Å²) in [5.41, 5.74) is 3.25. The summed E-state index contributed by atoms with van der Waals surface area (Å²) in [6.07, 6.45) is 4.10. The van der Waals surface area contributed by atoms with Crippen LogP contribution in [0.3, 0.4) is 0 Å². The highest BCUT2D eigenvalue weighted by molar-refractivity contribution is 7.98. The highest BCUT2D eigenvalue weighted by atomic mass is 32.2. The van der Waals surface area contributed by atoms with Gasteiger partial charge in [0.25, 0.3) is 5.91 Å². The van der Waals surface area contributed by atoms with Gasteiger partial charge in [0.15, 0.2) is 0 Å². The van der Waals surface area contributed by atoms with E-state index in [0.717, 1.165) is 30.7 Å². The summed E-state index contributed by atoms with van der Waals surface area (Å²) < 4.78 is 0. The molecular formula is C15H22N2OS. The Labute approximate surface area is 119 Å². The number of carbonyl (C=O) groups excluding carboxylic acids is 1. The van der Waals surface area contributed by atoms with Crippen molar-refractivity contribution in [2.75, 3.05) is 30.9 Å². The van der Waals surface area contributed by atoms with Gasteiger partial charge in [-0.25, -0.2) is 0 Å². The molecule has 3 nitrogen and oxygen atoms in total. The van der Waals surface area contributed by atoms with E-state index in [1.807, 2.05) is 30.1 Å². The van der Waals surface area contributed by atoms with Crippen LogP contribution in [0.4, 0.5) is 5.69 Å². The molecule has 0 spiro atoms. The van der Waals surface area contributed by atoms with Crippen LogP contribution < -0.4 is 5.32 Å². The van der Waals surface area contributed by atoms with Gasteiger partial charge >= 0.3 is 0 Å². The van der Waals surface area contributed by atoms with Crippen molar-refractivity contribution >= 4 is 23.4 Å². The van der Waals surface area contributed by atoms with E-state index in [0.29, 0.717) is 6.04 Å². The molecule has 1 amide bonds. The van der Waals surface area contributed by atoms with Crippen molar-refractivity contribution < 1.29 is 4.79 Å². The van der Waals surface area contributed by atoms with Gasteiger partial charge in [0, 0.05) is 36.6 Å². The van der Waals surface area contributed by atoms with Gasteiger partial charge in [-0.3, -0.25) is 4.79 Å². The number of amides is 1. The van der Waals surface area contributed by atoms with Crippen LogP contribution in [-0.2, 0) is 6.42 Å². The van der Waals surface area contributed by atoms with E-state index in [1.54, 1.807) is 11.8 Å². The first-order valence-corrected chi connectivity index (χ1v) is 8.19. The Bertz CT molecular complexity index is 461. The quantitative estimate of drug-likeness (QED) is 0.899. The molecule has 1 aliphatic rings. The summed E-state index contributed by atoms with van der Waals surface area (Å²) in [7, 11) is 1.91. The normalized spacial score (nSPS) is 14.7. The molecule has 1 N–H and O–H groups in total. The van der Waals surface area contributed by atoms with E-state index < -0.39 is 0 Å². The summed E-state index contributed by atoms with van der Waals surface area (Å²) in [6.45, 7) is 3.12. The fourth-order valence-electron chi connectivity index (χ4n) is 2.50. The fraction of sp³-hybridized carbons (Fsp3) is 0.533. The van der Waals surface area contributed by atoms with Crippen molar-refractivity contribution in [1.82, 2.24) is 4.90 Å². The van der Waals surface area contributed by atoms with Crippen LogP contribution in [0.2, 0.25) is 0 Å². The van der Waals surface area contributed by atoms with Gasteiger partial charge in [-0.2, -0.15) is 11.8 Å². The second-order valence-electron chi connectivity index (χ2n) is 4.98. The number of thioether (sulfide) groups is 1. The molecule has 1 atom stereocenters. The molecule has 0 fully saturated rings. The molecular weight excluding hydrogens is 256 g/mol. The second-order valence-corrected chi connectivity index (χ2v) is 5.89. The zero-order valence-corrected chi connectivity index (χ0v) is 12.7. The zero-order chi connectivity index (χ0) is 13.8. The maximum atomic E-state index is 12.5. The highest BCUT2D eigenvalue weighted by Gasteiger charge is 2.21. The summed E-state index contributed by atoms with van der Waals surface area (Å²) in [5, 5.41) is 3.32. The molecule has 0 radical (unpaired) electrons. The van der Waals surface area contributed by atoms with Gasteiger partial charge in [0.05, 0.1) is 0 Å². The summed E-state index contributed by atoms with van der Waals surface area (Å²) in [6, 6.07) is 6.31. The lowest BCUT2D eigenvalue weighted by Gasteiger charge is -2.27. The number of anilines is 1. The molecule has 0 bridgehead atoms. The number of rotatable bonds is 5. The predicted molar refractivity (Wildman–Crippen MR) is 83.2 cm³/mol. The molecule has 1 aromatic rings. The van der Waals surface area contributed by atoms with E-state index in [4.69, 9.17) is 0 Å². The first kappa shape index (κ1) is 14.3. The smallest absolute Gasteiger partial charge is 0.253 e. The van der Waals surface area contributed by atoms with E-state index in [1.165, 1.54) is 11.3 Å². The van der Waals surface area contributed by atoms with Crippen LogP contribution in [-0.4, -0.2) is 42.4 Å². The Morgan fingerprint density at radius 3 is 3.00 bits per heavy atom. The third-order valence-corrected chi connectivity index (χ3v) is 4.48. The third kappa shape index (κ3) is 3.06. The maximum absolute atomic E-state index is 12.5. The molecule has 0 aliphatic carbocycles. The van der Waals surface area contributed by atoms with E-state index >= 15 is 0 Å². The van der Waals surface area contributed by atoms with Crippen molar-refractivity contribution in [3.8, 4) is 0 Å². The zero-order valence-electron chi connectivity index (χ0n) is 11.9. The second kappa shape index (κ2) is 6.33. The van der Waals surface area contributed by atoms with Crippen LogP contribution >= 0.6 is 11.8 Å². The van der Waals surface area contributed by atoms with Crippen LogP contribution in [0.15, 0.2) is 18.2 Å². The number of nitrogens with zero attached hydrogens (tertiary/aromatic N) is 1. The average Bonchev–Trinajstić information content (AvgIpc) is 2.90. The number of nitrogens with one attached hydrogen (secondary N) is 1. The topological polar surface area (TPSA) is 32.3 Å². The molecule has 0 saturated carbocycles. The molecule has 19 heavy (non-hydrogen) atoms. The standard InChI is InChI=1S/C15H22N2OS/c1-4-13(10-19-3)17(2)15(18)12-5-6-14-11(9-12)7-8-16-14/h5-6,9,13,16H,4,7-8,10H2,1-3H3. The molecule has 0 aromatic heterocycles. The van der Waals surface area contributed by atoms with Crippen molar-refractivity contribution in [3.63, 3.8) is 0 Å². The molecule has 1 heterocycles. The van der Waals surface area contributed by atoms with Crippen molar-refractivity contribution in [1.29, 1.82) is 0 Å². The number of benzene rings is 1. The minimum Gasteiger partial charge on any atom is -0.384 e. The lowest BCUT2D eigenvalue weighted by Crippen LogP contribution is -2.38. The van der Waals surface area contributed by atoms with E-state index in [9.17, 15) is 4.79 Å². The summed E-state index contributed by atoms with van der Waals surface area (Å²) in [5.74, 6) is 1.13. The SMILES string of the molecule is CCC(CSC)N(C)C(=O)c1ccc2c(c1)CCN2. The maximum Gasteiger partial charge on any atom is 0.253 e. The van der Waals surface area contributed by atoms with Crippen LogP contribution in [0.5, 0.6) is 0 Å². The first-order chi connectivity index (χ1) is 9.17. The predicted octanol–water partition coefficient (Wildman–Crippen LogP) is 2.87. The van der Waals surface area contributed by atoms with Crippen LogP contribution in [0.1, 0.15) is 29.3 Å². The lowest BCUT2D eigenvalue weighted by atomic mass is 10.1. The molecule has 104 valence electrons. The van der Waals surface area contributed by atoms with Gasteiger partial charge in [0.2, 0.25) is 0 Å². The van der Waals surface area contributed by atoms with Crippen molar-refractivity contribution in [3.05, 3.63) is 29.3 Å². The van der Waals surface area contributed by atoms with Crippen molar-refractivity contribution in [2.24, 2.45) is 0 Å². The molecule has 1 unspecified atom stereocenters. The Kier molecular flexibility index (Phi) is 4.75. The van der Waals surface area contributed by atoms with Gasteiger partial charge in [-0.05, 0) is 42.9 Å². The number of carbonyl (C=O) groups is 1. The summed E-state index contributed by atoms with van der Waals surface area (Å²) in [4.78, 5) is 14.4. The molecule has 2 rings (SSSR count). The number of hydrogen-bond donors (Lipinski definition) is 1. The average molecular weight is 278 g/mol. The molecule has 1 aromatic carbocycles. The van der Waals surface area contributed by atoms with E-state index in [2.05, 4.69) is 18.5 Å². The Balaban J connectivity index is 2.14. The summed E-state index contributed by atoms with van der Waals surface area (Å²) >= 11 is 1.79. The Hall–Kier alpha value is -1.16. The lowest BCUT2D eigenvalue weighted by molar-refractivity contribution is 0.0743. The third-order valence-electron chi connectivity index (χ3n) is 3.76. The van der Waals surface area contributed by atoms with Gasteiger partial charge in [-0.15, -0.1) is 0 Å². The minimum atomic E-state index is 0.135. The van der Waals surface area contributed by atoms with Crippen molar-refractivity contribution in [2.45, 2.75) is 25.8 Å². The van der Waals surface area contributed by atoms with E-state index in [-0.39, 0.29) is 5.91 Å². The Morgan fingerprint density at radius 2 is 2.32 bits per heavy atom. The highest BCUT2D eigenvalue weighted by Crippen LogP contribution is 2.24. The number of fused-ring (bicyclic) bond motifs is 1. The Morgan fingerprint density at radius 1 is 1.53 bits per heavy atom. The molecule has 1 aliphatic heterocycles. The molecule has 4 heteroatoms. The fourth-order valence-corrected chi connectivity index (χ4v) is 3.35. The van der Waals surface area contributed by atoms with Crippen LogP contribution in [0.25, 0.3) is 0 Å². The minimum absolute atomic E-state index is 0.135. The molecule has 0 saturated heterocycles.